The van der Waals surface area contributed by atoms with Crippen molar-refractivity contribution in [2.75, 3.05) is 5.01 Å². The first-order valence-corrected chi connectivity index (χ1v) is 4.41. The maximum absolute atomic E-state index is 11.0. The van der Waals surface area contributed by atoms with Crippen molar-refractivity contribution >= 4 is 34.8 Å². The van der Waals surface area contributed by atoms with E-state index < -0.39 is 5.91 Å². The lowest BCUT2D eigenvalue weighted by Crippen LogP contribution is -2.21. The van der Waals surface area contributed by atoms with E-state index in [2.05, 4.69) is 5.29 Å². The summed E-state index contributed by atoms with van der Waals surface area (Å²) in [5, 5.41) is 3.81. The van der Waals surface area contributed by atoms with Crippen LogP contribution in [0.1, 0.15) is 6.92 Å². The first-order chi connectivity index (χ1) is 6.56. The molecule has 1 amide bonds. The summed E-state index contributed by atoms with van der Waals surface area (Å²) in [6.45, 7) is 1.21. The van der Waals surface area contributed by atoms with Gasteiger partial charge in [-0.15, -0.1) is 4.91 Å². The molecule has 0 aliphatic carbocycles. The van der Waals surface area contributed by atoms with Crippen LogP contribution in [0.2, 0.25) is 10.0 Å². The molecule has 1 aromatic rings. The van der Waals surface area contributed by atoms with Gasteiger partial charge in [0.15, 0.2) is 0 Å². The number of carbonyl (C=O) groups is 1. The molecule has 0 unspecified atom stereocenters. The van der Waals surface area contributed by atoms with E-state index in [9.17, 15) is 9.70 Å². The van der Waals surface area contributed by atoms with E-state index in [1.807, 2.05) is 0 Å². The summed E-state index contributed by atoms with van der Waals surface area (Å²) in [4.78, 5) is 21.3. The molecule has 1 aromatic carbocycles. The fourth-order valence-corrected chi connectivity index (χ4v) is 1.28. The minimum Gasteiger partial charge on any atom is -0.273 e. The predicted molar refractivity (Wildman–Crippen MR) is 55.4 cm³/mol. The van der Waals surface area contributed by atoms with Gasteiger partial charge in [0.25, 0.3) is 0 Å². The van der Waals surface area contributed by atoms with Gasteiger partial charge in [0.1, 0.15) is 0 Å². The number of nitrogens with zero attached hydrogens (tertiary/aromatic N) is 2. The Hall–Kier alpha value is -1.13. The lowest BCUT2D eigenvalue weighted by molar-refractivity contribution is -0.116. The first kappa shape index (κ1) is 10.9. The van der Waals surface area contributed by atoms with E-state index in [1.54, 1.807) is 6.07 Å². The van der Waals surface area contributed by atoms with Gasteiger partial charge in [-0.05, 0) is 18.2 Å². The molecule has 0 atom stereocenters. The van der Waals surface area contributed by atoms with Gasteiger partial charge >= 0.3 is 0 Å². The summed E-state index contributed by atoms with van der Waals surface area (Å²) in [5.74, 6) is -0.524. The molecule has 0 spiro atoms. The fraction of sp³-hybridized carbons (Fsp3) is 0.125. The van der Waals surface area contributed by atoms with Gasteiger partial charge in [0.05, 0.1) is 16.0 Å². The maximum Gasteiger partial charge on any atom is 0.246 e. The van der Waals surface area contributed by atoms with Crippen molar-refractivity contribution < 1.29 is 4.79 Å². The van der Waals surface area contributed by atoms with E-state index >= 15 is 0 Å². The van der Waals surface area contributed by atoms with Crippen molar-refractivity contribution in [1.82, 2.24) is 0 Å². The summed E-state index contributed by atoms with van der Waals surface area (Å²) >= 11 is 11.4. The third-order valence-corrected chi connectivity index (χ3v) is 2.07. The van der Waals surface area contributed by atoms with Gasteiger partial charge in [-0.25, -0.2) is 0 Å². The van der Waals surface area contributed by atoms with Crippen LogP contribution in [-0.2, 0) is 4.79 Å². The molecule has 0 heterocycles. The number of amides is 1. The van der Waals surface area contributed by atoms with Crippen LogP contribution < -0.4 is 5.01 Å². The molecule has 1 rings (SSSR count). The van der Waals surface area contributed by atoms with Crippen LogP contribution in [0.3, 0.4) is 0 Å². The fourth-order valence-electron chi connectivity index (χ4n) is 0.919. The molecule has 0 radical (unpaired) electrons. The van der Waals surface area contributed by atoms with Gasteiger partial charge in [-0.2, -0.15) is 5.01 Å². The summed E-state index contributed by atoms with van der Waals surface area (Å²) in [6.07, 6.45) is 0. The Labute approximate surface area is 90.4 Å². The molecule has 0 saturated heterocycles. The highest BCUT2D eigenvalue weighted by molar-refractivity contribution is 6.35. The summed E-state index contributed by atoms with van der Waals surface area (Å²) in [5.41, 5.74) is 0.182. The highest BCUT2D eigenvalue weighted by Crippen LogP contribution is 2.29. The van der Waals surface area contributed by atoms with Crippen LogP contribution >= 0.6 is 23.2 Å². The molecule has 14 heavy (non-hydrogen) atoms. The van der Waals surface area contributed by atoms with Crippen molar-refractivity contribution in [2.45, 2.75) is 6.92 Å². The van der Waals surface area contributed by atoms with Crippen molar-refractivity contribution in [1.29, 1.82) is 0 Å². The number of anilines is 1. The Morgan fingerprint density at radius 2 is 2.07 bits per heavy atom. The van der Waals surface area contributed by atoms with Crippen molar-refractivity contribution in [3.8, 4) is 0 Å². The van der Waals surface area contributed by atoms with Crippen LogP contribution in [0.5, 0.6) is 0 Å². The van der Waals surface area contributed by atoms with E-state index in [-0.39, 0.29) is 10.7 Å². The first-order valence-electron chi connectivity index (χ1n) is 3.65. The Bertz CT molecular complexity index is 382. The Morgan fingerprint density at radius 1 is 1.43 bits per heavy atom. The molecular weight excluding hydrogens is 227 g/mol. The number of hydrogen-bond acceptors (Lipinski definition) is 3. The molecular formula is C8H6Cl2N2O2. The van der Waals surface area contributed by atoms with Crippen LogP contribution in [0.25, 0.3) is 0 Å². The highest BCUT2D eigenvalue weighted by Gasteiger charge is 2.15. The average Bonchev–Trinajstić information content (AvgIpc) is 2.11. The number of carbonyl (C=O) groups excluding carboxylic acids is 1. The van der Waals surface area contributed by atoms with Gasteiger partial charge < -0.3 is 0 Å². The second kappa shape index (κ2) is 4.39. The number of nitroso groups, excluding NO2 is 1. The molecule has 74 valence electrons. The number of rotatable bonds is 2. The number of benzene rings is 1. The topological polar surface area (TPSA) is 49.7 Å². The van der Waals surface area contributed by atoms with Gasteiger partial charge in [-0.1, -0.05) is 23.2 Å². The summed E-state index contributed by atoms with van der Waals surface area (Å²) < 4.78 is 0. The molecule has 0 bridgehead atoms. The maximum atomic E-state index is 11.0. The van der Waals surface area contributed by atoms with E-state index in [0.717, 1.165) is 0 Å². The van der Waals surface area contributed by atoms with Gasteiger partial charge in [0.2, 0.25) is 5.91 Å². The van der Waals surface area contributed by atoms with E-state index in [4.69, 9.17) is 23.2 Å². The Balaban J connectivity index is 3.21. The number of hydrogen-bond donors (Lipinski definition) is 0. The zero-order chi connectivity index (χ0) is 10.7. The molecule has 4 nitrogen and oxygen atoms in total. The van der Waals surface area contributed by atoms with Crippen molar-refractivity contribution in [3.05, 3.63) is 33.2 Å². The standard InChI is InChI=1S/C8H6Cl2N2O2/c1-5(13)12(11-14)8-4-6(9)2-3-7(8)10/h2-4H,1H3. The van der Waals surface area contributed by atoms with E-state index in [1.165, 1.54) is 19.1 Å². The molecule has 0 aliphatic heterocycles. The lowest BCUT2D eigenvalue weighted by Gasteiger charge is -2.12. The zero-order valence-electron chi connectivity index (χ0n) is 7.20. The Kier molecular flexibility index (Phi) is 3.43. The molecule has 0 aromatic heterocycles. The second-order valence-electron chi connectivity index (χ2n) is 2.51. The second-order valence-corrected chi connectivity index (χ2v) is 3.35. The van der Waals surface area contributed by atoms with Crippen LogP contribution in [0.15, 0.2) is 23.5 Å². The van der Waals surface area contributed by atoms with Crippen molar-refractivity contribution in [3.63, 3.8) is 0 Å². The monoisotopic (exact) mass is 232 g/mol. The van der Waals surface area contributed by atoms with E-state index in [0.29, 0.717) is 10.0 Å². The molecule has 0 aliphatic rings. The van der Waals surface area contributed by atoms with Gasteiger partial charge in [-0.3, -0.25) is 4.79 Å². The average molecular weight is 233 g/mol. The van der Waals surface area contributed by atoms with Crippen LogP contribution in [0, 0.1) is 4.91 Å². The largest absolute Gasteiger partial charge is 0.273 e. The van der Waals surface area contributed by atoms with Crippen LogP contribution in [0.4, 0.5) is 5.69 Å². The zero-order valence-corrected chi connectivity index (χ0v) is 8.71. The smallest absolute Gasteiger partial charge is 0.246 e. The highest BCUT2D eigenvalue weighted by atomic mass is 35.5. The minimum atomic E-state index is -0.524. The molecule has 0 N–H and O–H groups in total. The summed E-state index contributed by atoms with van der Waals surface area (Å²) in [6, 6.07) is 4.43. The minimum absolute atomic E-state index is 0.182. The summed E-state index contributed by atoms with van der Waals surface area (Å²) in [7, 11) is 0. The molecule has 0 saturated carbocycles. The predicted octanol–water partition coefficient (Wildman–Crippen LogP) is 3.03. The SMILES string of the molecule is CC(=O)N(N=O)c1cc(Cl)ccc1Cl. The van der Waals surface area contributed by atoms with Crippen LogP contribution in [-0.4, -0.2) is 5.91 Å². The lowest BCUT2D eigenvalue weighted by atomic mass is 10.3. The quantitative estimate of drug-likeness (QED) is 0.582. The Morgan fingerprint density at radius 3 is 2.57 bits per heavy atom. The molecule has 0 fully saturated rings. The van der Waals surface area contributed by atoms with Gasteiger partial charge in [0, 0.05) is 11.9 Å². The molecule has 6 heteroatoms. The third-order valence-electron chi connectivity index (χ3n) is 1.52. The number of halogens is 2. The normalized spacial score (nSPS) is 9.64. The third kappa shape index (κ3) is 2.21. The van der Waals surface area contributed by atoms with Crippen molar-refractivity contribution in [2.24, 2.45) is 5.29 Å².